The summed E-state index contributed by atoms with van der Waals surface area (Å²) in [5.74, 6) is -0.0127. The molecule has 4 N–H and O–H groups in total. The van der Waals surface area contributed by atoms with Crippen LogP contribution in [0.4, 0.5) is 0 Å². The van der Waals surface area contributed by atoms with Crippen LogP contribution in [0.15, 0.2) is 11.3 Å². The van der Waals surface area contributed by atoms with Gasteiger partial charge in [0, 0.05) is 12.1 Å². The number of thiocarbonyl (C=S) groups is 1. The van der Waals surface area contributed by atoms with Crippen molar-refractivity contribution in [2.75, 3.05) is 0 Å². The third kappa shape index (κ3) is 1.57. The number of hydrogen-bond acceptors (Lipinski definition) is 3. The van der Waals surface area contributed by atoms with Gasteiger partial charge in [0.2, 0.25) is 0 Å². The zero-order valence-electron chi connectivity index (χ0n) is 6.09. The van der Waals surface area contributed by atoms with E-state index in [1.165, 1.54) is 0 Å². The third-order valence-electron chi connectivity index (χ3n) is 1.70. The second-order valence-corrected chi connectivity index (χ2v) is 2.98. The van der Waals surface area contributed by atoms with Crippen LogP contribution in [0.5, 0.6) is 0 Å². The molecule has 3 nitrogen and oxygen atoms in total. The van der Waals surface area contributed by atoms with Crippen molar-refractivity contribution in [3.8, 4) is 0 Å². The lowest BCUT2D eigenvalue weighted by Crippen LogP contribution is -2.26. The zero-order valence-corrected chi connectivity index (χ0v) is 6.91. The van der Waals surface area contributed by atoms with Crippen molar-refractivity contribution in [1.29, 1.82) is 0 Å². The third-order valence-corrected chi connectivity index (χ3v) is 1.90. The van der Waals surface area contributed by atoms with E-state index in [1.807, 2.05) is 0 Å². The van der Waals surface area contributed by atoms with Gasteiger partial charge in [-0.1, -0.05) is 12.2 Å². The summed E-state index contributed by atoms with van der Waals surface area (Å²) in [6.45, 7) is 0. The summed E-state index contributed by atoms with van der Waals surface area (Å²) in [6, 6.07) is 0. The van der Waals surface area contributed by atoms with E-state index in [9.17, 15) is 4.79 Å². The van der Waals surface area contributed by atoms with Crippen molar-refractivity contribution in [3.05, 3.63) is 11.3 Å². The maximum absolute atomic E-state index is 11.1. The number of Topliss-reactive ketones (excluding diaryl/α,β-unsaturated/α-hetero) is 1. The summed E-state index contributed by atoms with van der Waals surface area (Å²) in [6.07, 6.45) is 2.07. The minimum Gasteiger partial charge on any atom is -0.401 e. The first-order chi connectivity index (χ1) is 5.13. The van der Waals surface area contributed by atoms with Gasteiger partial charge in [-0.25, -0.2) is 0 Å². The first-order valence-corrected chi connectivity index (χ1v) is 3.85. The fourth-order valence-electron chi connectivity index (χ4n) is 1.16. The van der Waals surface area contributed by atoms with Crippen molar-refractivity contribution in [1.82, 2.24) is 0 Å². The standard InChI is InChI=1S/C7H10N2OS/c8-4-2-1-3-5(10)6(4)7(9)11/h1-3,8H2,(H2,9,11). The highest BCUT2D eigenvalue weighted by molar-refractivity contribution is 7.80. The average molecular weight is 170 g/mol. The number of hydrogen-bond donors (Lipinski definition) is 2. The van der Waals surface area contributed by atoms with Gasteiger partial charge < -0.3 is 11.5 Å². The summed E-state index contributed by atoms with van der Waals surface area (Å²) in [4.78, 5) is 11.3. The minimum atomic E-state index is -0.0127. The predicted molar refractivity (Wildman–Crippen MR) is 46.9 cm³/mol. The second kappa shape index (κ2) is 3.00. The zero-order chi connectivity index (χ0) is 8.43. The molecule has 0 radical (unpaired) electrons. The van der Waals surface area contributed by atoms with E-state index < -0.39 is 0 Å². The molecule has 1 aliphatic rings. The molecule has 0 aromatic heterocycles. The molecule has 0 fully saturated rings. The lowest BCUT2D eigenvalue weighted by atomic mass is 9.95. The van der Waals surface area contributed by atoms with Crippen LogP contribution in [0.2, 0.25) is 0 Å². The Morgan fingerprint density at radius 2 is 2.09 bits per heavy atom. The maximum atomic E-state index is 11.1. The summed E-state index contributed by atoms with van der Waals surface area (Å²) in [7, 11) is 0. The van der Waals surface area contributed by atoms with Crippen LogP contribution in [0, 0.1) is 0 Å². The van der Waals surface area contributed by atoms with Gasteiger partial charge >= 0.3 is 0 Å². The Morgan fingerprint density at radius 3 is 2.45 bits per heavy atom. The molecule has 0 saturated carbocycles. The maximum Gasteiger partial charge on any atom is 0.167 e. The number of rotatable bonds is 1. The molecule has 0 atom stereocenters. The molecule has 4 heteroatoms. The largest absolute Gasteiger partial charge is 0.401 e. The highest BCUT2D eigenvalue weighted by atomic mass is 32.1. The molecule has 0 unspecified atom stereocenters. The van der Waals surface area contributed by atoms with Crippen molar-refractivity contribution < 1.29 is 4.79 Å². The van der Waals surface area contributed by atoms with E-state index >= 15 is 0 Å². The molecule has 0 heterocycles. The van der Waals surface area contributed by atoms with Crippen molar-refractivity contribution in [2.45, 2.75) is 19.3 Å². The van der Waals surface area contributed by atoms with Gasteiger partial charge in [0.05, 0.1) is 5.57 Å². The highest BCUT2D eigenvalue weighted by Gasteiger charge is 2.20. The summed E-state index contributed by atoms with van der Waals surface area (Å²) >= 11 is 4.69. The van der Waals surface area contributed by atoms with Gasteiger partial charge in [0.25, 0.3) is 0 Å². The Labute approximate surface area is 70.4 Å². The molecule has 0 aliphatic heterocycles. The van der Waals surface area contributed by atoms with Crippen molar-refractivity contribution in [2.24, 2.45) is 11.5 Å². The first kappa shape index (κ1) is 8.20. The van der Waals surface area contributed by atoms with Gasteiger partial charge in [-0.05, 0) is 12.8 Å². The van der Waals surface area contributed by atoms with Gasteiger partial charge in [-0.2, -0.15) is 0 Å². The van der Waals surface area contributed by atoms with Crippen molar-refractivity contribution in [3.63, 3.8) is 0 Å². The lowest BCUT2D eigenvalue weighted by molar-refractivity contribution is -0.115. The summed E-state index contributed by atoms with van der Waals surface area (Å²) in [5, 5.41) is 0. The smallest absolute Gasteiger partial charge is 0.167 e. The molecule has 1 rings (SSSR count). The summed E-state index contributed by atoms with van der Waals surface area (Å²) < 4.78 is 0. The lowest BCUT2D eigenvalue weighted by Gasteiger charge is -2.14. The number of nitrogens with two attached hydrogens (primary N) is 2. The van der Waals surface area contributed by atoms with E-state index in [-0.39, 0.29) is 10.8 Å². The predicted octanol–water partition coefficient (Wildman–Crippen LogP) is 0.238. The van der Waals surface area contributed by atoms with E-state index in [2.05, 4.69) is 12.2 Å². The van der Waals surface area contributed by atoms with Gasteiger partial charge in [-0.15, -0.1) is 0 Å². The monoisotopic (exact) mass is 170 g/mol. The summed E-state index contributed by atoms with van der Waals surface area (Å²) in [5.41, 5.74) is 11.8. The molecule has 0 amide bonds. The quantitative estimate of drug-likeness (QED) is 0.553. The molecule has 0 spiro atoms. The molecular formula is C7H10N2OS. The second-order valence-electron chi connectivity index (χ2n) is 2.54. The minimum absolute atomic E-state index is 0.0127. The van der Waals surface area contributed by atoms with Crippen LogP contribution in [-0.2, 0) is 4.79 Å². The number of ketones is 1. The Hall–Kier alpha value is -0.900. The van der Waals surface area contributed by atoms with Crippen LogP contribution in [0.25, 0.3) is 0 Å². The molecule has 0 bridgehead atoms. The molecule has 11 heavy (non-hydrogen) atoms. The molecule has 1 aliphatic carbocycles. The molecular weight excluding hydrogens is 160 g/mol. The molecule has 0 aromatic carbocycles. The molecule has 0 saturated heterocycles. The van der Waals surface area contributed by atoms with Gasteiger partial charge in [-0.3, -0.25) is 4.79 Å². The fraction of sp³-hybridized carbons (Fsp3) is 0.429. The topological polar surface area (TPSA) is 69.1 Å². The Bertz CT molecular complexity index is 245. The fourth-order valence-corrected chi connectivity index (χ4v) is 1.41. The number of allylic oxidation sites excluding steroid dienone is 1. The van der Waals surface area contributed by atoms with E-state index in [0.717, 1.165) is 12.8 Å². The first-order valence-electron chi connectivity index (χ1n) is 3.44. The van der Waals surface area contributed by atoms with Crippen molar-refractivity contribution >= 4 is 23.0 Å². The van der Waals surface area contributed by atoms with Crippen LogP contribution >= 0.6 is 12.2 Å². The Balaban J connectivity index is 3.01. The normalized spacial score (nSPS) is 18.7. The van der Waals surface area contributed by atoms with Gasteiger partial charge in [0.15, 0.2) is 5.78 Å². The molecule has 60 valence electrons. The average Bonchev–Trinajstić information content (AvgIpc) is 1.85. The highest BCUT2D eigenvalue weighted by Crippen LogP contribution is 2.18. The molecule has 0 aromatic rings. The van der Waals surface area contributed by atoms with E-state index in [4.69, 9.17) is 11.5 Å². The SMILES string of the molecule is NC(=S)C1=C(N)CCCC1=O. The van der Waals surface area contributed by atoms with Crippen LogP contribution in [0.1, 0.15) is 19.3 Å². The van der Waals surface area contributed by atoms with E-state index in [1.54, 1.807) is 0 Å². The van der Waals surface area contributed by atoms with Crippen LogP contribution < -0.4 is 11.5 Å². The Morgan fingerprint density at radius 1 is 1.45 bits per heavy atom. The number of carbonyl (C=O) groups is 1. The van der Waals surface area contributed by atoms with Gasteiger partial charge in [0.1, 0.15) is 4.99 Å². The van der Waals surface area contributed by atoms with E-state index in [0.29, 0.717) is 17.7 Å². The Kier molecular flexibility index (Phi) is 2.24. The van der Waals surface area contributed by atoms with Crippen LogP contribution in [0.3, 0.4) is 0 Å². The van der Waals surface area contributed by atoms with Crippen LogP contribution in [-0.4, -0.2) is 10.8 Å². The number of carbonyl (C=O) groups excluding carboxylic acids is 1.